The molecule has 1 fully saturated rings. The average molecular weight is 449 g/mol. The summed E-state index contributed by atoms with van der Waals surface area (Å²) in [6.07, 6.45) is 11.8. The number of pyridine rings is 1. The van der Waals surface area contributed by atoms with E-state index in [2.05, 4.69) is 25.4 Å². The second kappa shape index (κ2) is 9.66. The Kier molecular flexibility index (Phi) is 6.30. The molecule has 9 heteroatoms. The lowest BCUT2D eigenvalue weighted by Crippen LogP contribution is -2.20. The summed E-state index contributed by atoms with van der Waals surface area (Å²) in [7, 11) is 0. The van der Waals surface area contributed by atoms with Crippen LogP contribution in [-0.2, 0) is 11.2 Å². The van der Waals surface area contributed by atoms with Crippen LogP contribution in [0.4, 0.5) is 5.69 Å². The van der Waals surface area contributed by atoms with Gasteiger partial charge in [-0.25, -0.2) is 4.98 Å². The van der Waals surface area contributed by atoms with Crippen LogP contribution in [0.25, 0.3) is 11.4 Å². The molecule has 0 spiro atoms. The third-order valence-corrected chi connectivity index (χ3v) is 6.31. The van der Waals surface area contributed by atoms with E-state index in [4.69, 9.17) is 4.74 Å². The van der Waals surface area contributed by atoms with Crippen molar-refractivity contribution in [2.24, 2.45) is 0 Å². The number of anilines is 1. The zero-order valence-corrected chi connectivity index (χ0v) is 18.5. The van der Waals surface area contributed by atoms with Crippen LogP contribution in [0.15, 0.2) is 30.7 Å². The number of H-pyrrole nitrogens is 1. The summed E-state index contributed by atoms with van der Waals surface area (Å²) in [5.74, 6) is 0.217. The summed E-state index contributed by atoms with van der Waals surface area (Å²) in [6, 6.07) is 4.05. The SMILES string of the molecule is O=C1Nc2cn(C3CCOCC3)nc2C(=O)CCCCCCc2cc(ccn2)-c2ncc1[nH]2. The molecule has 2 aliphatic rings. The van der Waals surface area contributed by atoms with Gasteiger partial charge in [-0.15, -0.1) is 0 Å². The Morgan fingerprint density at radius 1 is 1.03 bits per heavy atom. The molecule has 0 radical (unpaired) electrons. The monoisotopic (exact) mass is 448 g/mol. The summed E-state index contributed by atoms with van der Waals surface area (Å²) in [5.41, 5.74) is 2.99. The van der Waals surface area contributed by atoms with Gasteiger partial charge in [0, 0.05) is 43.3 Å². The molecule has 9 nitrogen and oxygen atoms in total. The van der Waals surface area contributed by atoms with Crippen LogP contribution < -0.4 is 5.32 Å². The fraction of sp³-hybridized carbons (Fsp3) is 0.458. The molecule has 0 atom stereocenters. The number of carbonyl (C=O) groups excluding carboxylic acids is 2. The molecule has 1 saturated heterocycles. The minimum Gasteiger partial charge on any atom is -0.381 e. The molecule has 0 aliphatic carbocycles. The quantitative estimate of drug-likeness (QED) is 0.582. The second-order valence-electron chi connectivity index (χ2n) is 8.69. The van der Waals surface area contributed by atoms with Gasteiger partial charge in [0.15, 0.2) is 11.5 Å². The normalized spacial score (nSPS) is 18.4. The van der Waals surface area contributed by atoms with E-state index in [0.717, 1.165) is 56.2 Å². The summed E-state index contributed by atoms with van der Waals surface area (Å²) in [6.45, 7) is 1.34. The van der Waals surface area contributed by atoms with E-state index in [1.165, 1.54) is 6.20 Å². The fourth-order valence-corrected chi connectivity index (χ4v) is 4.42. The van der Waals surface area contributed by atoms with Gasteiger partial charge < -0.3 is 15.0 Å². The third kappa shape index (κ3) is 4.88. The number of amides is 1. The number of aromatic nitrogens is 5. The lowest BCUT2D eigenvalue weighted by molar-refractivity contribution is 0.0660. The molecule has 1 amide bonds. The number of fused-ring (bicyclic) bond motifs is 6. The Morgan fingerprint density at radius 2 is 1.85 bits per heavy atom. The molecular weight excluding hydrogens is 420 g/mol. The van der Waals surface area contributed by atoms with Gasteiger partial charge in [0.1, 0.15) is 11.5 Å². The molecule has 172 valence electrons. The predicted octanol–water partition coefficient (Wildman–Crippen LogP) is 3.96. The van der Waals surface area contributed by atoms with Crippen molar-refractivity contribution in [2.75, 3.05) is 18.5 Å². The van der Waals surface area contributed by atoms with E-state index < -0.39 is 0 Å². The Bertz CT molecular complexity index is 1140. The molecule has 0 unspecified atom stereocenters. The Hall–Kier alpha value is -3.33. The van der Waals surface area contributed by atoms with Crippen molar-refractivity contribution in [1.29, 1.82) is 0 Å². The Morgan fingerprint density at radius 3 is 2.70 bits per heavy atom. The first-order valence-electron chi connectivity index (χ1n) is 11.7. The largest absolute Gasteiger partial charge is 0.381 e. The number of Topliss-reactive ketones (excluding diaryl/α,β-unsaturated/α-hetero) is 1. The number of hydrogen-bond donors (Lipinski definition) is 2. The molecule has 3 aromatic rings. The maximum Gasteiger partial charge on any atom is 0.273 e. The number of ether oxygens (including phenoxy) is 1. The molecule has 3 aromatic heterocycles. The number of ketones is 1. The van der Waals surface area contributed by atoms with Crippen LogP contribution in [0.3, 0.4) is 0 Å². The Balaban J connectivity index is 1.46. The van der Waals surface area contributed by atoms with Gasteiger partial charge in [-0.2, -0.15) is 5.10 Å². The van der Waals surface area contributed by atoms with Crippen molar-refractivity contribution in [3.63, 3.8) is 0 Å². The van der Waals surface area contributed by atoms with E-state index in [9.17, 15) is 9.59 Å². The zero-order chi connectivity index (χ0) is 22.6. The summed E-state index contributed by atoms with van der Waals surface area (Å²) in [4.78, 5) is 38.0. The van der Waals surface area contributed by atoms with E-state index >= 15 is 0 Å². The van der Waals surface area contributed by atoms with Gasteiger partial charge in [0.25, 0.3) is 5.91 Å². The Labute approximate surface area is 192 Å². The molecule has 33 heavy (non-hydrogen) atoms. The maximum absolute atomic E-state index is 13.0. The topological polar surface area (TPSA) is 115 Å². The minimum absolute atomic E-state index is 0.0425. The first kappa shape index (κ1) is 21.5. The zero-order valence-electron chi connectivity index (χ0n) is 18.5. The summed E-state index contributed by atoms with van der Waals surface area (Å²) >= 11 is 0. The third-order valence-electron chi connectivity index (χ3n) is 6.31. The lowest BCUT2D eigenvalue weighted by Gasteiger charge is -2.22. The van der Waals surface area contributed by atoms with Gasteiger partial charge in [-0.05, 0) is 44.2 Å². The van der Waals surface area contributed by atoms with E-state index in [1.807, 2.05) is 16.8 Å². The van der Waals surface area contributed by atoms with E-state index in [0.29, 0.717) is 42.5 Å². The van der Waals surface area contributed by atoms with Gasteiger partial charge >= 0.3 is 0 Å². The average Bonchev–Trinajstić information content (AvgIpc) is 3.49. The summed E-state index contributed by atoms with van der Waals surface area (Å²) < 4.78 is 7.27. The highest BCUT2D eigenvalue weighted by Gasteiger charge is 2.24. The van der Waals surface area contributed by atoms with Crippen LogP contribution >= 0.6 is 0 Å². The van der Waals surface area contributed by atoms with Crippen molar-refractivity contribution >= 4 is 17.4 Å². The predicted molar refractivity (Wildman–Crippen MR) is 122 cm³/mol. The number of hydrogen-bond acceptors (Lipinski definition) is 6. The number of aryl methyl sites for hydroxylation is 1. The second-order valence-corrected chi connectivity index (χ2v) is 8.69. The molecule has 5 rings (SSSR count). The molecule has 2 N–H and O–H groups in total. The fourth-order valence-electron chi connectivity index (χ4n) is 4.42. The van der Waals surface area contributed by atoms with Crippen LogP contribution in [0.2, 0.25) is 0 Å². The van der Waals surface area contributed by atoms with Crippen molar-refractivity contribution in [2.45, 2.75) is 57.4 Å². The van der Waals surface area contributed by atoms with Crippen LogP contribution in [0, 0.1) is 0 Å². The van der Waals surface area contributed by atoms with Gasteiger partial charge in [-0.1, -0.05) is 12.8 Å². The first-order chi connectivity index (χ1) is 16.2. The van der Waals surface area contributed by atoms with Gasteiger partial charge in [-0.3, -0.25) is 19.3 Å². The maximum atomic E-state index is 13.0. The number of nitrogens with one attached hydrogen (secondary N) is 2. The standard InChI is InChI=1S/C24H28N6O3/c31-21-6-4-2-1-3-5-17-13-16(7-10-25-17)23-26-14-19(27-23)24(32)28-20-15-30(29-22(20)21)18-8-11-33-12-9-18/h7,10,13-15,18H,1-6,8-9,11-12H2,(H,26,27)(H,28,32). The molecule has 2 aliphatic heterocycles. The van der Waals surface area contributed by atoms with E-state index in [-0.39, 0.29) is 17.7 Å². The molecule has 0 saturated carbocycles. The number of aromatic amines is 1. The van der Waals surface area contributed by atoms with E-state index in [1.54, 1.807) is 12.4 Å². The first-order valence-corrected chi connectivity index (χ1v) is 11.7. The highest BCUT2D eigenvalue weighted by atomic mass is 16.5. The van der Waals surface area contributed by atoms with Crippen molar-refractivity contribution in [3.05, 3.63) is 47.8 Å². The molecule has 4 bridgehead atoms. The highest BCUT2D eigenvalue weighted by molar-refractivity contribution is 6.08. The highest BCUT2D eigenvalue weighted by Crippen LogP contribution is 2.26. The molecule has 5 heterocycles. The minimum atomic E-state index is -0.354. The van der Waals surface area contributed by atoms with Crippen molar-refractivity contribution < 1.29 is 14.3 Å². The summed E-state index contributed by atoms with van der Waals surface area (Å²) in [5, 5.41) is 7.50. The molecular formula is C24H28N6O3. The number of rotatable bonds is 1. The number of carbonyl (C=O) groups is 2. The van der Waals surface area contributed by atoms with Gasteiger partial charge in [0.05, 0.1) is 17.9 Å². The van der Waals surface area contributed by atoms with Crippen LogP contribution in [0.1, 0.15) is 77.7 Å². The van der Waals surface area contributed by atoms with Crippen molar-refractivity contribution in [3.8, 4) is 11.4 Å². The smallest absolute Gasteiger partial charge is 0.273 e. The number of nitrogens with zero attached hydrogens (tertiary/aromatic N) is 4. The molecule has 0 aromatic carbocycles. The van der Waals surface area contributed by atoms with Gasteiger partial charge in [0.2, 0.25) is 0 Å². The van der Waals surface area contributed by atoms with Crippen molar-refractivity contribution in [1.82, 2.24) is 24.7 Å². The van der Waals surface area contributed by atoms with Crippen LogP contribution in [-0.4, -0.2) is 49.6 Å². The lowest BCUT2D eigenvalue weighted by atomic mass is 10.1. The van der Waals surface area contributed by atoms with Crippen LogP contribution in [0.5, 0.6) is 0 Å². The number of imidazole rings is 1.